The van der Waals surface area contributed by atoms with E-state index >= 15 is 0 Å². The molecular formula is C15H12N4OS. The third kappa shape index (κ3) is 2.28. The molecule has 0 saturated carbocycles. The van der Waals surface area contributed by atoms with Gasteiger partial charge >= 0.3 is 0 Å². The Balaban J connectivity index is 1.63. The molecule has 0 spiro atoms. The summed E-state index contributed by atoms with van der Waals surface area (Å²) in [6.45, 7) is 0. The Morgan fingerprint density at radius 2 is 2.05 bits per heavy atom. The summed E-state index contributed by atoms with van der Waals surface area (Å²) in [7, 11) is 0. The summed E-state index contributed by atoms with van der Waals surface area (Å²) in [6, 6.07) is 5.65. The van der Waals surface area contributed by atoms with Crippen LogP contribution in [0.15, 0.2) is 48.4 Å². The number of thiazole rings is 1. The number of aliphatic hydroxyl groups excluding tert-OH is 1. The molecule has 1 unspecified atom stereocenters. The van der Waals surface area contributed by atoms with Crippen LogP contribution >= 0.6 is 11.3 Å². The quantitative estimate of drug-likeness (QED) is 0.631. The lowest BCUT2D eigenvalue weighted by atomic mass is 10.0. The smallest absolute Gasteiger partial charge is 0.193 e. The van der Waals surface area contributed by atoms with E-state index in [0.29, 0.717) is 6.42 Å². The normalized spacial score (nSPS) is 13.0. The van der Waals surface area contributed by atoms with Crippen molar-refractivity contribution in [1.29, 1.82) is 0 Å². The molecule has 0 fully saturated rings. The number of fused-ring (bicyclic) bond motifs is 2. The van der Waals surface area contributed by atoms with E-state index < -0.39 is 6.10 Å². The zero-order valence-corrected chi connectivity index (χ0v) is 11.9. The maximum Gasteiger partial charge on any atom is 0.193 e. The van der Waals surface area contributed by atoms with Crippen molar-refractivity contribution in [2.24, 2.45) is 0 Å². The van der Waals surface area contributed by atoms with Crippen LogP contribution in [0.25, 0.3) is 16.0 Å². The second kappa shape index (κ2) is 4.91. The van der Waals surface area contributed by atoms with Gasteiger partial charge in [-0.1, -0.05) is 6.07 Å². The van der Waals surface area contributed by atoms with E-state index in [1.807, 2.05) is 40.4 Å². The molecule has 0 aliphatic carbocycles. The lowest BCUT2D eigenvalue weighted by Gasteiger charge is -2.09. The van der Waals surface area contributed by atoms with Crippen LogP contribution in [0.3, 0.4) is 0 Å². The fourth-order valence-electron chi connectivity index (χ4n) is 2.38. The third-order valence-electron chi connectivity index (χ3n) is 3.42. The maximum absolute atomic E-state index is 10.4. The minimum absolute atomic E-state index is 0.486. The van der Waals surface area contributed by atoms with Crippen molar-refractivity contribution in [3.63, 3.8) is 0 Å². The largest absolute Gasteiger partial charge is 0.388 e. The summed E-state index contributed by atoms with van der Waals surface area (Å²) in [6.07, 6.45) is 7.13. The highest BCUT2D eigenvalue weighted by molar-refractivity contribution is 7.15. The number of imidazole rings is 1. The van der Waals surface area contributed by atoms with E-state index in [4.69, 9.17) is 0 Å². The Kier molecular flexibility index (Phi) is 2.90. The van der Waals surface area contributed by atoms with Crippen molar-refractivity contribution < 1.29 is 5.11 Å². The fraction of sp³-hybridized carbons (Fsp3) is 0.133. The molecular weight excluding hydrogens is 284 g/mol. The van der Waals surface area contributed by atoms with Crippen molar-refractivity contribution in [3.05, 3.63) is 59.6 Å². The summed E-state index contributed by atoms with van der Waals surface area (Å²) in [5.74, 6) is 0. The fourth-order valence-corrected chi connectivity index (χ4v) is 3.10. The highest BCUT2D eigenvalue weighted by atomic mass is 32.1. The first-order chi connectivity index (χ1) is 10.3. The Labute approximate surface area is 124 Å². The molecule has 21 heavy (non-hydrogen) atoms. The minimum Gasteiger partial charge on any atom is -0.388 e. The standard InChI is InChI=1S/C15H12N4OS/c20-14(8-11-9-19-5-6-21-15(19)18-11)10-1-2-12-13(7-10)17-4-3-16-12/h1-7,9,14,20H,8H2. The van der Waals surface area contributed by atoms with Crippen molar-refractivity contribution in [2.75, 3.05) is 0 Å². The summed E-state index contributed by atoms with van der Waals surface area (Å²) < 4.78 is 1.97. The lowest BCUT2D eigenvalue weighted by Crippen LogP contribution is -2.02. The van der Waals surface area contributed by atoms with E-state index in [9.17, 15) is 5.11 Å². The topological polar surface area (TPSA) is 63.3 Å². The van der Waals surface area contributed by atoms with Crippen LogP contribution in [0.4, 0.5) is 0 Å². The number of aromatic nitrogens is 4. The molecule has 5 nitrogen and oxygen atoms in total. The number of nitrogens with zero attached hydrogens (tertiary/aromatic N) is 4. The first-order valence-electron chi connectivity index (χ1n) is 6.59. The van der Waals surface area contributed by atoms with Gasteiger partial charge in [0.1, 0.15) is 0 Å². The predicted molar refractivity (Wildman–Crippen MR) is 81.3 cm³/mol. The van der Waals surface area contributed by atoms with E-state index in [2.05, 4.69) is 15.0 Å². The number of rotatable bonds is 3. The Morgan fingerprint density at radius 3 is 2.90 bits per heavy atom. The van der Waals surface area contributed by atoms with Gasteiger partial charge < -0.3 is 5.11 Å². The number of aliphatic hydroxyl groups is 1. The molecule has 0 saturated heterocycles. The SMILES string of the molecule is OC(Cc1cn2ccsc2n1)c1ccc2nccnc2c1. The van der Waals surface area contributed by atoms with Gasteiger partial charge in [0.15, 0.2) is 4.96 Å². The van der Waals surface area contributed by atoms with Crippen LogP contribution in [0.5, 0.6) is 0 Å². The van der Waals surface area contributed by atoms with Gasteiger partial charge in [0.05, 0.1) is 22.8 Å². The molecule has 6 heteroatoms. The first kappa shape index (κ1) is 12.4. The van der Waals surface area contributed by atoms with E-state index in [1.165, 1.54) is 0 Å². The molecule has 104 valence electrons. The van der Waals surface area contributed by atoms with Gasteiger partial charge in [-0.2, -0.15) is 0 Å². The van der Waals surface area contributed by atoms with Gasteiger partial charge in [0, 0.05) is 36.6 Å². The van der Waals surface area contributed by atoms with Crippen molar-refractivity contribution in [1.82, 2.24) is 19.4 Å². The van der Waals surface area contributed by atoms with E-state index in [-0.39, 0.29) is 0 Å². The molecule has 1 atom stereocenters. The summed E-state index contributed by atoms with van der Waals surface area (Å²) in [5.41, 5.74) is 3.34. The molecule has 4 rings (SSSR count). The highest BCUT2D eigenvalue weighted by Gasteiger charge is 2.12. The average Bonchev–Trinajstić information content (AvgIpc) is 3.08. The molecule has 1 N–H and O–H groups in total. The molecule has 0 radical (unpaired) electrons. The molecule has 0 aliphatic rings. The molecule has 4 aromatic rings. The monoisotopic (exact) mass is 296 g/mol. The number of benzene rings is 1. The third-order valence-corrected chi connectivity index (χ3v) is 4.19. The second-order valence-electron chi connectivity index (χ2n) is 4.85. The van der Waals surface area contributed by atoms with Crippen LogP contribution in [0, 0.1) is 0 Å². The van der Waals surface area contributed by atoms with Gasteiger partial charge in [-0.15, -0.1) is 11.3 Å². The summed E-state index contributed by atoms with van der Waals surface area (Å²) >= 11 is 1.58. The zero-order chi connectivity index (χ0) is 14.2. The van der Waals surface area contributed by atoms with E-state index in [0.717, 1.165) is 27.3 Å². The average molecular weight is 296 g/mol. The van der Waals surface area contributed by atoms with Gasteiger partial charge in [-0.05, 0) is 17.7 Å². The molecule has 0 bridgehead atoms. The molecule has 0 amide bonds. The summed E-state index contributed by atoms with van der Waals surface area (Å²) in [5, 5.41) is 12.4. The molecule has 0 aliphatic heterocycles. The Hall–Kier alpha value is -2.31. The predicted octanol–water partition coefficient (Wildman–Crippen LogP) is 2.62. The molecule has 1 aromatic carbocycles. The maximum atomic E-state index is 10.4. The van der Waals surface area contributed by atoms with Crippen molar-refractivity contribution in [2.45, 2.75) is 12.5 Å². The molecule has 3 heterocycles. The second-order valence-corrected chi connectivity index (χ2v) is 5.72. The van der Waals surface area contributed by atoms with Crippen LogP contribution in [-0.4, -0.2) is 24.5 Å². The van der Waals surface area contributed by atoms with Crippen LogP contribution in [-0.2, 0) is 6.42 Å². The first-order valence-corrected chi connectivity index (χ1v) is 7.47. The Morgan fingerprint density at radius 1 is 1.19 bits per heavy atom. The van der Waals surface area contributed by atoms with Crippen molar-refractivity contribution in [3.8, 4) is 0 Å². The highest BCUT2D eigenvalue weighted by Crippen LogP contribution is 2.22. The van der Waals surface area contributed by atoms with Gasteiger partial charge in [0.2, 0.25) is 0 Å². The molecule has 3 aromatic heterocycles. The van der Waals surface area contributed by atoms with Gasteiger partial charge in [0.25, 0.3) is 0 Å². The number of hydrogen-bond acceptors (Lipinski definition) is 5. The summed E-state index contributed by atoms with van der Waals surface area (Å²) in [4.78, 5) is 13.9. The Bertz CT molecular complexity index is 885. The van der Waals surface area contributed by atoms with Crippen LogP contribution in [0.2, 0.25) is 0 Å². The van der Waals surface area contributed by atoms with Gasteiger partial charge in [-0.3, -0.25) is 14.4 Å². The van der Waals surface area contributed by atoms with Crippen LogP contribution < -0.4 is 0 Å². The van der Waals surface area contributed by atoms with Crippen LogP contribution in [0.1, 0.15) is 17.4 Å². The minimum atomic E-state index is -0.596. The van der Waals surface area contributed by atoms with Crippen molar-refractivity contribution >= 4 is 27.3 Å². The lowest BCUT2D eigenvalue weighted by molar-refractivity contribution is 0.177. The van der Waals surface area contributed by atoms with Gasteiger partial charge in [-0.25, -0.2) is 4.98 Å². The zero-order valence-electron chi connectivity index (χ0n) is 11.0. The van der Waals surface area contributed by atoms with E-state index in [1.54, 1.807) is 23.7 Å². The number of hydrogen-bond donors (Lipinski definition) is 1.